The molecule has 2 aromatic carbocycles. The summed E-state index contributed by atoms with van der Waals surface area (Å²) in [5, 5.41) is 21.6. The number of benzene rings is 2. The van der Waals surface area contributed by atoms with Crippen molar-refractivity contribution in [3.8, 4) is 5.88 Å². The van der Waals surface area contributed by atoms with E-state index in [-0.39, 0.29) is 12.4 Å². The molecular weight excluding hydrogens is 427 g/mol. The molecule has 0 bridgehead atoms. The van der Waals surface area contributed by atoms with Gasteiger partial charge in [-0.3, -0.25) is 14.9 Å². The summed E-state index contributed by atoms with van der Waals surface area (Å²) in [6.45, 7) is 0.202. The summed E-state index contributed by atoms with van der Waals surface area (Å²) in [6.07, 6.45) is 4.83. The largest absolute Gasteiger partial charge is 0.488 e. The maximum Gasteiger partial charge on any atom is 0.395 e. The van der Waals surface area contributed by atoms with Crippen LogP contribution >= 0.6 is 11.6 Å². The van der Waals surface area contributed by atoms with Crippen molar-refractivity contribution < 1.29 is 14.4 Å². The van der Waals surface area contributed by atoms with E-state index in [4.69, 9.17) is 11.6 Å². The predicted molar refractivity (Wildman–Crippen MR) is 115 cm³/mol. The SMILES string of the molecule is O=c1[nH]c(/C=C\c2cn(Cc3c(F)cccc3Cl)c3ccccc23)nc(O)c1[N+](=O)[O-]. The summed E-state index contributed by atoms with van der Waals surface area (Å²) in [5.41, 5.74) is -0.172. The fraction of sp³-hybridized carbons (Fsp3) is 0.0476. The number of aromatic hydroxyl groups is 1. The van der Waals surface area contributed by atoms with Crippen LogP contribution in [0.25, 0.3) is 23.1 Å². The first kappa shape index (κ1) is 20.3. The molecule has 0 saturated heterocycles. The van der Waals surface area contributed by atoms with Crippen LogP contribution in [0.1, 0.15) is 17.0 Å². The third-order valence-electron chi connectivity index (χ3n) is 4.71. The van der Waals surface area contributed by atoms with E-state index in [0.717, 1.165) is 16.5 Å². The first-order valence-corrected chi connectivity index (χ1v) is 9.39. The predicted octanol–water partition coefficient (Wildman–Crippen LogP) is 4.35. The fourth-order valence-corrected chi connectivity index (χ4v) is 3.50. The van der Waals surface area contributed by atoms with E-state index >= 15 is 0 Å². The van der Waals surface area contributed by atoms with Crippen molar-refractivity contribution in [2.75, 3.05) is 0 Å². The summed E-state index contributed by atoms with van der Waals surface area (Å²) in [7, 11) is 0. The molecule has 2 N–H and O–H groups in total. The summed E-state index contributed by atoms with van der Waals surface area (Å²) in [6, 6.07) is 11.9. The lowest BCUT2D eigenvalue weighted by Crippen LogP contribution is -2.14. The van der Waals surface area contributed by atoms with Crippen LogP contribution in [0.4, 0.5) is 10.1 Å². The summed E-state index contributed by atoms with van der Waals surface area (Å²) in [4.78, 5) is 27.5. The van der Waals surface area contributed by atoms with Gasteiger partial charge in [-0.1, -0.05) is 35.9 Å². The second-order valence-electron chi connectivity index (χ2n) is 6.64. The Labute approximate surface area is 179 Å². The number of para-hydroxylation sites is 1. The lowest BCUT2D eigenvalue weighted by atomic mass is 10.1. The molecule has 10 heteroatoms. The van der Waals surface area contributed by atoms with Gasteiger partial charge in [-0.2, -0.15) is 4.98 Å². The van der Waals surface area contributed by atoms with E-state index in [9.17, 15) is 24.4 Å². The maximum atomic E-state index is 14.3. The van der Waals surface area contributed by atoms with Gasteiger partial charge >= 0.3 is 11.2 Å². The third-order valence-corrected chi connectivity index (χ3v) is 5.06. The van der Waals surface area contributed by atoms with Crippen molar-refractivity contribution in [3.63, 3.8) is 0 Å². The molecule has 8 nitrogen and oxygen atoms in total. The number of aromatic nitrogens is 3. The highest BCUT2D eigenvalue weighted by molar-refractivity contribution is 6.31. The van der Waals surface area contributed by atoms with Gasteiger partial charge < -0.3 is 14.7 Å². The Morgan fingerprint density at radius 3 is 2.71 bits per heavy atom. The Morgan fingerprint density at radius 1 is 1.23 bits per heavy atom. The molecule has 0 fully saturated rings. The maximum absolute atomic E-state index is 14.3. The lowest BCUT2D eigenvalue weighted by molar-refractivity contribution is -0.387. The van der Waals surface area contributed by atoms with Crippen LogP contribution in [0, 0.1) is 15.9 Å². The zero-order chi connectivity index (χ0) is 22.1. The van der Waals surface area contributed by atoms with E-state index < -0.39 is 27.9 Å². The first-order valence-electron chi connectivity index (χ1n) is 9.01. The van der Waals surface area contributed by atoms with Gasteiger partial charge in [-0.25, -0.2) is 4.39 Å². The third kappa shape index (κ3) is 3.90. The van der Waals surface area contributed by atoms with Gasteiger partial charge in [-0.15, -0.1) is 0 Å². The summed E-state index contributed by atoms with van der Waals surface area (Å²) < 4.78 is 16.1. The molecule has 0 amide bonds. The molecule has 0 radical (unpaired) electrons. The van der Waals surface area contributed by atoms with Gasteiger partial charge in [0, 0.05) is 33.2 Å². The number of halogens is 2. The Balaban J connectivity index is 1.74. The highest BCUT2D eigenvalue weighted by Crippen LogP contribution is 2.27. The van der Waals surface area contributed by atoms with Crippen molar-refractivity contribution in [1.82, 2.24) is 14.5 Å². The topological polar surface area (TPSA) is 114 Å². The number of nitrogens with zero attached hydrogens (tertiary/aromatic N) is 3. The van der Waals surface area contributed by atoms with Gasteiger partial charge in [-0.05, 0) is 30.4 Å². The van der Waals surface area contributed by atoms with E-state index in [2.05, 4.69) is 9.97 Å². The van der Waals surface area contributed by atoms with Crippen LogP contribution in [0.3, 0.4) is 0 Å². The number of fused-ring (bicyclic) bond motifs is 1. The monoisotopic (exact) mass is 440 g/mol. The van der Waals surface area contributed by atoms with Crippen LogP contribution < -0.4 is 5.56 Å². The number of nitro groups is 1. The van der Waals surface area contributed by atoms with Crippen molar-refractivity contribution >= 4 is 40.3 Å². The van der Waals surface area contributed by atoms with Gasteiger partial charge in [0.15, 0.2) is 0 Å². The average molecular weight is 441 g/mol. The number of aromatic amines is 1. The standard InChI is InChI=1S/C21H14ClFN4O4/c22-15-5-3-6-16(23)14(15)11-26-10-12(13-4-1-2-7-17(13)26)8-9-18-24-20(28)19(27(30)31)21(29)25-18/h1-10H,11H2,(H2,24,25,28,29)/b9-8-. The fourth-order valence-electron chi connectivity index (χ4n) is 3.28. The molecule has 0 aliphatic carbocycles. The Kier molecular flexibility index (Phi) is 5.26. The van der Waals surface area contributed by atoms with E-state index in [1.807, 2.05) is 28.8 Å². The molecule has 31 heavy (non-hydrogen) atoms. The van der Waals surface area contributed by atoms with E-state index in [1.54, 1.807) is 18.3 Å². The number of hydrogen-bond acceptors (Lipinski definition) is 5. The normalized spacial score (nSPS) is 11.4. The Morgan fingerprint density at radius 2 is 2.00 bits per heavy atom. The molecule has 0 aliphatic rings. The van der Waals surface area contributed by atoms with Crippen molar-refractivity contribution in [3.05, 3.63) is 96.9 Å². The molecule has 2 aromatic heterocycles. The molecule has 0 spiro atoms. The van der Waals surface area contributed by atoms with Gasteiger partial charge in [0.25, 0.3) is 5.88 Å². The van der Waals surface area contributed by atoms with Crippen molar-refractivity contribution in [2.24, 2.45) is 0 Å². The van der Waals surface area contributed by atoms with Crippen molar-refractivity contribution in [2.45, 2.75) is 6.54 Å². The van der Waals surface area contributed by atoms with Gasteiger partial charge in [0.05, 0.1) is 11.5 Å². The van der Waals surface area contributed by atoms with Crippen LogP contribution in [-0.4, -0.2) is 24.6 Å². The minimum Gasteiger partial charge on any atom is -0.488 e. The van der Waals surface area contributed by atoms with Crippen molar-refractivity contribution in [1.29, 1.82) is 0 Å². The Hall–Kier alpha value is -3.98. The van der Waals surface area contributed by atoms with Crippen LogP contribution in [0.15, 0.2) is 53.5 Å². The van der Waals surface area contributed by atoms with Gasteiger partial charge in [0.2, 0.25) is 0 Å². The highest BCUT2D eigenvalue weighted by Gasteiger charge is 2.21. The lowest BCUT2D eigenvalue weighted by Gasteiger charge is -2.08. The molecular formula is C21H14ClFN4O4. The van der Waals surface area contributed by atoms with Crippen LogP contribution in [0.5, 0.6) is 5.88 Å². The molecule has 0 aliphatic heterocycles. The molecule has 4 aromatic rings. The smallest absolute Gasteiger partial charge is 0.395 e. The number of rotatable bonds is 5. The first-order chi connectivity index (χ1) is 14.8. The highest BCUT2D eigenvalue weighted by atomic mass is 35.5. The van der Waals surface area contributed by atoms with E-state index in [1.165, 1.54) is 18.2 Å². The second-order valence-corrected chi connectivity index (χ2v) is 7.05. The van der Waals surface area contributed by atoms with E-state index in [0.29, 0.717) is 10.6 Å². The molecule has 156 valence electrons. The zero-order valence-electron chi connectivity index (χ0n) is 15.8. The second kappa shape index (κ2) is 8.04. The van der Waals surface area contributed by atoms with Gasteiger partial charge in [0.1, 0.15) is 11.6 Å². The summed E-state index contributed by atoms with van der Waals surface area (Å²) in [5.74, 6) is -1.43. The molecule has 4 rings (SSSR count). The molecule has 0 unspecified atom stereocenters. The molecule has 0 atom stereocenters. The quantitative estimate of drug-likeness (QED) is 0.353. The number of nitrogens with one attached hydrogen (secondary N) is 1. The molecule has 2 heterocycles. The zero-order valence-corrected chi connectivity index (χ0v) is 16.5. The molecule has 0 saturated carbocycles. The number of H-pyrrole nitrogens is 1. The average Bonchev–Trinajstić information content (AvgIpc) is 3.06. The van der Waals surface area contributed by atoms with Crippen LogP contribution in [-0.2, 0) is 6.54 Å². The van der Waals surface area contributed by atoms with Crippen LogP contribution in [0.2, 0.25) is 5.02 Å². The Bertz CT molecular complexity index is 1390. The minimum atomic E-state index is -1.06. The summed E-state index contributed by atoms with van der Waals surface area (Å²) >= 11 is 6.16. The minimum absolute atomic E-state index is 0.0536. The number of hydrogen-bond donors (Lipinski definition) is 2.